The normalized spacial score (nSPS) is 14.1. The Morgan fingerprint density at radius 3 is 2.44 bits per heavy atom. The molecule has 1 heterocycles. The Labute approximate surface area is 154 Å². The topological polar surface area (TPSA) is 63.2 Å². The molecule has 0 saturated carbocycles. The zero-order valence-electron chi connectivity index (χ0n) is 14.2. The average molecular weight is 368 g/mol. The van der Waals surface area contributed by atoms with Crippen LogP contribution in [0.5, 0.6) is 0 Å². The summed E-state index contributed by atoms with van der Waals surface area (Å²) in [5.74, 6) is -1.12. The van der Waals surface area contributed by atoms with Crippen LogP contribution in [-0.2, 0) is 19.1 Å². The van der Waals surface area contributed by atoms with Gasteiger partial charge in [-0.2, -0.15) is 23.7 Å². The second-order valence-corrected chi connectivity index (χ2v) is 6.16. The first-order chi connectivity index (χ1) is 12.9. The van der Waals surface area contributed by atoms with Gasteiger partial charge in [0.1, 0.15) is 0 Å². The van der Waals surface area contributed by atoms with Gasteiger partial charge in [0, 0.05) is 19.3 Å². The van der Waals surface area contributed by atoms with Gasteiger partial charge in [-0.25, -0.2) is 0 Å². The molecule has 0 amide bonds. The molecule has 1 aliphatic rings. The standard InChI is InChI=1S/C20H15F3N4/c21-20(22,23)17-5-6-19(18(9-17)26-12-14(10-24)11-25)27-8-7-15-3-1-2-4-16(15)13-27/h1-6,9,12,14H,7-8,13H2. The van der Waals surface area contributed by atoms with Crippen molar-refractivity contribution in [2.24, 2.45) is 10.9 Å². The molecular formula is C20H15F3N4. The molecule has 0 fully saturated rings. The third kappa shape index (κ3) is 4.09. The minimum Gasteiger partial charge on any atom is -0.365 e. The third-order valence-corrected chi connectivity index (χ3v) is 4.41. The molecule has 136 valence electrons. The Kier molecular flexibility index (Phi) is 5.14. The van der Waals surface area contributed by atoms with Crippen LogP contribution in [0.15, 0.2) is 47.5 Å². The Balaban J connectivity index is 1.99. The van der Waals surface area contributed by atoms with E-state index in [-0.39, 0.29) is 5.69 Å². The molecule has 0 aliphatic carbocycles. The molecule has 0 atom stereocenters. The lowest BCUT2D eigenvalue weighted by Crippen LogP contribution is -2.30. The number of hydrogen-bond acceptors (Lipinski definition) is 4. The molecular weight excluding hydrogens is 353 g/mol. The fourth-order valence-corrected chi connectivity index (χ4v) is 3.02. The minimum atomic E-state index is -4.50. The summed E-state index contributed by atoms with van der Waals surface area (Å²) in [6.45, 7) is 1.20. The summed E-state index contributed by atoms with van der Waals surface area (Å²) in [6, 6.07) is 14.8. The summed E-state index contributed by atoms with van der Waals surface area (Å²) in [6.07, 6.45) is -2.64. The molecule has 3 rings (SSSR count). The van der Waals surface area contributed by atoms with Crippen molar-refractivity contribution >= 4 is 17.6 Å². The van der Waals surface area contributed by atoms with Gasteiger partial charge in [0.15, 0.2) is 5.92 Å². The lowest BCUT2D eigenvalue weighted by molar-refractivity contribution is -0.137. The van der Waals surface area contributed by atoms with E-state index in [2.05, 4.69) is 4.99 Å². The summed E-state index contributed by atoms with van der Waals surface area (Å²) >= 11 is 0. The first kappa shape index (κ1) is 18.5. The highest BCUT2D eigenvalue weighted by atomic mass is 19.4. The van der Waals surface area contributed by atoms with Crippen molar-refractivity contribution < 1.29 is 13.2 Å². The first-order valence-electron chi connectivity index (χ1n) is 8.29. The van der Waals surface area contributed by atoms with Crippen LogP contribution in [-0.4, -0.2) is 12.8 Å². The van der Waals surface area contributed by atoms with Crippen molar-refractivity contribution in [2.75, 3.05) is 11.4 Å². The Morgan fingerprint density at radius 2 is 1.78 bits per heavy atom. The SMILES string of the molecule is N#CC(C#N)C=Nc1cc(C(F)(F)F)ccc1N1CCc2ccccc2C1. The molecule has 0 radical (unpaired) electrons. The molecule has 1 aliphatic heterocycles. The highest BCUT2D eigenvalue weighted by Crippen LogP contribution is 2.38. The molecule has 0 unspecified atom stereocenters. The van der Waals surface area contributed by atoms with Gasteiger partial charge in [0.05, 0.1) is 29.1 Å². The van der Waals surface area contributed by atoms with Crippen molar-refractivity contribution in [3.05, 3.63) is 59.2 Å². The highest BCUT2D eigenvalue weighted by Gasteiger charge is 2.31. The third-order valence-electron chi connectivity index (χ3n) is 4.41. The molecule has 27 heavy (non-hydrogen) atoms. The van der Waals surface area contributed by atoms with E-state index in [9.17, 15) is 13.2 Å². The van der Waals surface area contributed by atoms with Gasteiger partial charge >= 0.3 is 6.18 Å². The van der Waals surface area contributed by atoms with Gasteiger partial charge in [-0.3, -0.25) is 4.99 Å². The van der Waals surface area contributed by atoms with Gasteiger partial charge in [-0.15, -0.1) is 0 Å². The zero-order valence-corrected chi connectivity index (χ0v) is 14.2. The predicted octanol–water partition coefficient (Wildman–Crippen LogP) is 4.63. The summed E-state index contributed by atoms with van der Waals surface area (Å²) in [5, 5.41) is 17.7. The summed E-state index contributed by atoms with van der Waals surface area (Å²) < 4.78 is 39.3. The maximum atomic E-state index is 13.1. The van der Waals surface area contributed by atoms with Crippen molar-refractivity contribution in [2.45, 2.75) is 19.1 Å². The van der Waals surface area contributed by atoms with Crippen LogP contribution in [0.1, 0.15) is 16.7 Å². The number of benzene rings is 2. The predicted molar refractivity (Wildman–Crippen MR) is 95.5 cm³/mol. The van der Waals surface area contributed by atoms with Crippen LogP contribution in [0.25, 0.3) is 0 Å². The van der Waals surface area contributed by atoms with E-state index in [1.807, 2.05) is 29.2 Å². The number of alkyl halides is 3. The lowest BCUT2D eigenvalue weighted by Gasteiger charge is -2.31. The fourth-order valence-electron chi connectivity index (χ4n) is 3.02. The van der Waals surface area contributed by atoms with Crippen molar-refractivity contribution in [1.82, 2.24) is 0 Å². The smallest absolute Gasteiger partial charge is 0.365 e. The Morgan fingerprint density at radius 1 is 1.07 bits per heavy atom. The van der Waals surface area contributed by atoms with E-state index in [0.717, 1.165) is 30.3 Å². The van der Waals surface area contributed by atoms with E-state index in [0.29, 0.717) is 18.8 Å². The molecule has 0 spiro atoms. The van der Waals surface area contributed by atoms with Crippen LogP contribution in [0.2, 0.25) is 0 Å². The van der Waals surface area contributed by atoms with E-state index < -0.39 is 17.7 Å². The number of aliphatic imine (C=N–C) groups is 1. The number of nitriles is 2. The van der Waals surface area contributed by atoms with Crippen molar-refractivity contribution in [3.63, 3.8) is 0 Å². The number of nitrogens with zero attached hydrogens (tertiary/aromatic N) is 4. The molecule has 7 heteroatoms. The molecule has 0 aromatic heterocycles. The lowest BCUT2D eigenvalue weighted by atomic mass is 9.99. The largest absolute Gasteiger partial charge is 0.416 e. The van der Waals surface area contributed by atoms with E-state index in [4.69, 9.17) is 10.5 Å². The van der Waals surface area contributed by atoms with Crippen LogP contribution in [0, 0.1) is 28.6 Å². The maximum absolute atomic E-state index is 13.1. The number of rotatable bonds is 3. The summed E-state index contributed by atoms with van der Waals surface area (Å²) in [5.41, 5.74) is 2.16. The summed E-state index contributed by atoms with van der Waals surface area (Å²) in [7, 11) is 0. The molecule has 4 nitrogen and oxygen atoms in total. The quantitative estimate of drug-likeness (QED) is 0.742. The van der Waals surface area contributed by atoms with Crippen LogP contribution < -0.4 is 4.90 Å². The molecule has 0 N–H and O–H groups in total. The van der Waals surface area contributed by atoms with Gasteiger partial charge in [-0.1, -0.05) is 24.3 Å². The number of fused-ring (bicyclic) bond motifs is 1. The van der Waals surface area contributed by atoms with Gasteiger partial charge < -0.3 is 4.90 Å². The fraction of sp³-hybridized carbons (Fsp3) is 0.250. The second kappa shape index (κ2) is 7.51. The number of anilines is 1. The minimum absolute atomic E-state index is 0.0970. The Hall–Kier alpha value is -3.32. The van der Waals surface area contributed by atoms with E-state index in [1.54, 1.807) is 12.1 Å². The van der Waals surface area contributed by atoms with E-state index in [1.165, 1.54) is 11.6 Å². The van der Waals surface area contributed by atoms with Crippen molar-refractivity contribution in [1.29, 1.82) is 10.5 Å². The number of halogens is 3. The highest BCUT2D eigenvalue weighted by molar-refractivity contribution is 5.77. The molecule has 2 aromatic carbocycles. The first-order valence-corrected chi connectivity index (χ1v) is 8.29. The molecule has 0 bridgehead atoms. The molecule has 0 saturated heterocycles. The van der Waals surface area contributed by atoms with E-state index >= 15 is 0 Å². The Bertz CT molecular complexity index is 937. The average Bonchev–Trinajstić information content (AvgIpc) is 2.67. The summed E-state index contributed by atoms with van der Waals surface area (Å²) in [4.78, 5) is 6.00. The van der Waals surface area contributed by atoms with Crippen LogP contribution in [0.3, 0.4) is 0 Å². The van der Waals surface area contributed by atoms with Crippen LogP contribution >= 0.6 is 0 Å². The van der Waals surface area contributed by atoms with Crippen LogP contribution in [0.4, 0.5) is 24.5 Å². The van der Waals surface area contributed by atoms with Gasteiger partial charge in [0.2, 0.25) is 0 Å². The van der Waals surface area contributed by atoms with Crippen molar-refractivity contribution in [3.8, 4) is 12.1 Å². The monoisotopic (exact) mass is 368 g/mol. The number of hydrogen-bond donors (Lipinski definition) is 0. The molecule has 2 aromatic rings. The maximum Gasteiger partial charge on any atom is 0.416 e. The van der Waals surface area contributed by atoms with Gasteiger partial charge in [0.25, 0.3) is 0 Å². The van der Waals surface area contributed by atoms with Gasteiger partial charge in [-0.05, 0) is 35.7 Å². The second-order valence-electron chi connectivity index (χ2n) is 6.16. The zero-order chi connectivity index (χ0) is 19.4.